The number of nitrogens with one attached hydrogen (secondary N) is 2. The number of amides is 1. The number of fused-ring (bicyclic) bond motifs is 3. The quantitative estimate of drug-likeness (QED) is 0.321. The van der Waals surface area contributed by atoms with Crippen LogP contribution in [0.3, 0.4) is 0 Å². The second kappa shape index (κ2) is 7.41. The predicted molar refractivity (Wildman–Crippen MR) is 116 cm³/mol. The van der Waals surface area contributed by atoms with Crippen molar-refractivity contribution in [3.05, 3.63) is 46.1 Å². The molecule has 1 aromatic carbocycles. The van der Waals surface area contributed by atoms with Crippen molar-refractivity contribution in [2.45, 2.75) is 30.6 Å². The van der Waals surface area contributed by atoms with Gasteiger partial charge in [-0.25, -0.2) is 15.0 Å². The van der Waals surface area contributed by atoms with Crippen molar-refractivity contribution in [2.75, 3.05) is 18.9 Å². The zero-order valence-electron chi connectivity index (χ0n) is 16.1. The van der Waals surface area contributed by atoms with E-state index in [9.17, 15) is 9.90 Å². The van der Waals surface area contributed by atoms with Crippen LogP contribution in [0.2, 0.25) is 0 Å². The van der Waals surface area contributed by atoms with Crippen LogP contribution in [0.5, 0.6) is 0 Å². The Labute approximate surface area is 185 Å². The van der Waals surface area contributed by atoms with Gasteiger partial charge in [0.25, 0.3) is 0 Å². The van der Waals surface area contributed by atoms with Gasteiger partial charge < -0.3 is 25.4 Å². The summed E-state index contributed by atoms with van der Waals surface area (Å²) in [6.45, 7) is 0.959. The number of aliphatic hydroxyl groups excluding tert-OH is 1. The third kappa shape index (κ3) is 2.95. The summed E-state index contributed by atoms with van der Waals surface area (Å²) in [4.78, 5) is 25.9. The summed E-state index contributed by atoms with van der Waals surface area (Å²) >= 11 is 2.28. The van der Waals surface area contributed by atoms with E-state index in [1.54, 1.807) is 17.9 Å². The van der Waals surface area contributed by atoms with E-state index in [1.807, 2.05) is 18.2 Å². The lowest BCUT2D eigenvalue weighted by atomic mass is 10.1. The Balaban J connectivity index is 1.44. The number of imidazole rings is 1. The Kier molecular flexibility index (Phi) is 4.84. The number of rotatable bonds is 6. The molecule has 2 saturated heterocycles. The molecule has 2 aromatic heterocycles. The summed E-state index contributed by atoms with van der Waals surface area (Å²) in [7, 11) is 1.60. The third-order valence-electron chi connectivity index (χ3n) is 5.76. The van der Waals surface area contributed by atoms with Gasteiger partial charge in [0, 0.05) is 23.7 Å². The molecule has 3 aromatic rings. The molecular formula is C19H20IN7O3. The summed E-state index contributed by atoms with van der Waals surface area (Å²) in [5.41, 5.74) is 1.23. The Morgan fingerprint density at radius 1 is 1.47 bits per heavy atom. The fourth-order valence-corrected chi connectivity index (χ4v) is 4.75. The molecule has 30 heavy (non-hydrogen) atoms. The van der Waals surface area contributed by atoms with E-state index < -0.39 is 18.1 Å². The average molecular weight is 521 g/mol. The summed E-state index contributed by atoms with van der Waals surface area (Å²) in [5.74, 6) is 0.619. The minimum Gasteiger partial charge on any atom is -0.386 e. The number of carbonyl (C=O) groups is 1. The van der Waals surface area contributed by atoms with Crippen molar-refractivity contribution in [2.24, 2.45) is 0 Å². The Morgan fingerprint density at radius 3 is 3.13 bits per heavy atom. The number of hydrogen-bond donors (Lipinski definition) is 3. The van der Waals surface area contributed by atoms with Crippen LogP contribution in [0.4, 0.5) is 5.82 Å². The number of anilines is 1. The molecule has 0 radical (unpaired) electrons. The van der Waals surface area contributed by atoms with Gasteiger partial charge in [0.2, 0.25) is 6.41 Å². The molecule has 156 valence electrons. The van der Waals surface area contributed by atoms with Gasteiger partial charge in [0.1, 0.15) is 12.4 Å². The van der Waals surface area contributed by atoms with Crippen LogP contribution in [0, 0.1) is 3.57 Å². The fourth-order valence-electron chi connectivity index (χ4n) is 4.15. The van der Waals surface area contributed by atoms with E-state index in [0.717, 1.165) is 9.13 Å². The number of aliphatic hydroxyl groups is 1. The minimum absolute atomic E-state index is 0.356. The van der Waals surface area contributed by atoms with Gasteiger partial charge in [-0.3, -0.25) is 9.36 Å². The Morgan fingerprint density at radius 2 is 2.33 bits per heavy atom. The molecule has 1 amide bonds. The Bertz CT molecular complexity index is 1110. The van der Waals surface area contributed by atoms with E-state index in [-0.39, 0.29) is 6.04 Å². The lowest BCUT2D eigenvalue weighted by Gasteiger charge is -2.36. The van der Waals surface area contributed by atoms with E-state index >= 15 is 0 Å². The molecule has 2 aliphatic heterocycles. The smallest absolute Gasteiger partial charge is 0.211 e. The molecule has 0 unspecified atom stereocenters. The number of aromatic nitrogens is 4. The van der Waals surface area contributed by atoms with Crippen LogP contribution < -0.4 is 10.6 Å². The van der Waals surface area contributed by atoms with Crippen LogP contribution in [0.25, 0.3) is 11.2 Å². The largest absolute Gasteiger partial charge is 0.386 e. The normalized spacial score (nSPS) is 27.5. The van der Waals surface area contributed by atoms with Crippen LogP contribution in [-0.2, 0) is 16.1 Å². The van der Waals surface area contributed by atoms with Crippen LogP contribution >= 0.6 is 22.6 Å². The number of hydrogen-bond acceptors (Lipinski definition) is 8. The van der Waals surface area contributed by atoms with Crippen LogP contribution in [-0.4, -0.2) is 67.4 Å². The van der Waals surface area contributed by atoms with Gasteiger partial charge in [-0.05, 0) is 40.3 Å². The zero-order chi connectivity index (χ0) is 20.9. The Hall–Kier alpha value is -2.35. The number of morpholine rings is 1. The number of ether oxygens (including phenoxy) is 1. The third-order valence-corrected chi connectivity index (χ3v) is 6.43. The standard InChI is InChI=1S/C19H20IN7O3/c1-26(10-28)19-7-22-13(15(19)29)18(30-19)27-9-25-14-16(23-8-24-17(14)27)21-6-11-3-2-4-12(20)5-11/h2-5,8-10,13,15,18,22,29H,6-7H2,1H3,(H,21,23,24)/t13-,15+,18-,19-/m1/s1. The number of nitrogens with zero attached hydrogens (tertiary/aromatic N) is 5. The number of halogens is 1. The first-order chi connectivity index (χ1) is 14.5. The van der Waals surface area contributed by atoms with E-state index in [4.69, 9.17) is 4.74 Å². The highest BCUT2D eigenvalue weighted by Crippen LogP contribution is 2.43. The van der Waals surface area contributed by atoms with Crippen molar-refractivity contribution in [1.82, 2.24) is 29.7 Å². The summed E-state index contributed by atoms with van der Waals surface area (Å²) in [5, 5.41) is 17.3. The van der Waals surface area contributed by atoms with E-state index in [1.165, 1.54) is 11.2 Å². The molecule has 0 spiro atoms. The second-order valence-corrected chi connectivity index (χ2v) is 8.70. The highest BCUT2D eigenvalue weighted by molar-refractivity contribution is 14.1. The molecule has 0 saturated carbocycles. The molecule has 10 nitrogen and oxygen atoms in total. The van der Waals surface area contributed by atoms with Crippen molar-refractivity contribution >= 4 is 46.0 Å². The van der Waals surface area contributed by atoms with Crippen LogP contribution in [0.15, 0.2) is 36.9 Å². The first-order valence-corrected chi connectivity index (χ1v) is 10.5. The first-order valence-electron chi connectivity index (χ1n) is 9.47. The topological polar surface area (TPSA) is 117 Å². The van der Waals surface area contributed by atoms with Gasteiger partial charge in [-0.15, -0.1) is 0 Å². The lowest BCUT2D eigenvalue weighted by Crippen LogP contribution is -2.55. The molecule has 3 N–H and O–H groups in total. The van der Waals surface area contributed by atoms with Crippen molar-refractivity contribution in [1.29, 1.82) is 0 Å². The lowest BCUT2D eigenvalue weighted by molar-refractivity contribution is -0.186. The van der Waals surface area contributed by atoms with Gasteiger partial charge in [0.05, 0.1) is 12.4 Å². The SMILES string of the molecule is CN(C=O)[C@]12CN[C@@H]([C@H](n3cnc4c(NCc5cccc(I)c5)ncnc43)O1)[C@@H]2O. The first kappa shape index (κ1) is 19.6. The number of benzene rings is 1. The van der Waals surface area contributed by atoms with Gasteiger partial charge >= 0.3 is 0 Å². The molecule has 11 heteroatoms. The molecule has 4 atom stereocenters. The van der Waals surface area contributed by atoms with Gasteiger partial charge in [0.15, 0.2) is 28.9 Å². The number of carbonyl (C=O) groups excluding carboxylic acids is 1. The zero-order valence-corrected chi connectivity index (χ0v) is 18.2. The van der Waals surface area contributed by atoms with E-state index in [2.05, 4.69) is 54.2 Å². The van der Waals surface area contributed by atoms with E-state index in [0.29, 0.717) is 36.5 Å². The molecule has 4 heterocycles. The van der Waals surface area contributed by atoms with Crippen molar-refractivity contribution in [3.63, 3.8) is 0 Å². The fraction of sp³-hybridized carbons (Fsp3) is 0.368. The molecule has 2 fully saturated rings. The predicted octanol–water partition coefficient (Wildman–Crippen LogP) is 0.689. The van der Waals surface area contributed by atoms with Crippen molar-refractivity contribution in [3.8, 4) is 0 Å². The molecule has 2 bridgehead atoms. The minimum atomic E-state index is -1.10. The highest BCUT2D eigenvalue weighted by Gasteiger charge is 2.62. The highest BCUT2D eigenvalue weighted by atomic mass is 127. The number of likely N-dealkylation sites (N-methyl/N-ethyl adjacent to an activating group) is 1. The molecule has 2 aliphatic rings. The van der Waals surface area contributed by atoms with Gasteiger partial charge in [-0.1, -0.05) is 12.1 Å². The maximum atomic E-state index is 11.3. The van der Waals surface area contributed by atoms with Crippen LogP contribution in [0.1, 0.15) is 11.8 Å². The molecular weight excluding hydrogens is 501 g/mol. The summed E-state index contributed by atoms with van der Waals surface area (Å²) in [6.07, 6.45) is 2.35. The maximum absolute atomic E-state index is 11.3. The van der Waals surface area contributed by atoms with Gasteiger partial charge in [-0.2, -0.15) is 0 Å². The monoisotopic (exact) mass is 521 g/mol. The van der Waals surface area contributed by atoms with Crippen molar-refractivity contribution < 1.29 is 14.6 Å². The average Bonchev–Trinajstić information content (AvgIpc) is 3.42. The molecule has 0 aliphatic carbocycles. The maximum Gasteiger partial charge on any atom is 0.211 e. The second-order valence-electron chi connectivity index (χ2n) is 7.45. The molecule has 5 rings (SSSR count). The summed E-state index contributed by atoms with van der Waals surface area (Å²) in [6, 6.07) is 7.82. The summed E-state index contributed by atoms with van der Waals surface area (Å²) < 4.78 is 9.11.